The van der Waals surface area contributed by atoms with Crippen molar-refractivity contribution in [2.24, 2.45) is 0 Å². The topological polar surface area (TPSA) is 53.6 Å². The van der Waals surface area contributed by atoms with E-state index in [-0.39, 0.29) is 12.0 Å². The molecule has 110 valence electrons. The lowest BCUT2D eigenvalue weighted by molar-refractivity contribution is -0.0174. The zero-order valence-corrected chi connectivity index (χ0v) is 12.4. The molecule has 0 aliphatic carbocycles. The Balaban J connectivity index is 1.94. The number of hydrogen-bond donors (Lipinski definition) is 2. The van der Waals surface area contributed by atoms with Gasteiger partial charge < -0.3 is 20.3 Å². The Hall–Kier alpha value is -1.59. The first-order chi connectivity index (χ1) is 9.60. The van der Waals surface area contributed by atoms with E-state index >= 15 is 0 Å². The Bertz CT molecular complexity index is 476. The third-order valence-electron chi connectivity index (χ3n) is 3.52. The summed E-state index contributed by atoms with van der Waals surface area (Å²) in [5.41, 5.74) is 2.65. The van der Waals surface area contributed by atoms with Crippen molar-refractivity contribution in [3.05, 3.63) is 29.3 Å². The fraction of sp³-hybridized carbons (Fsp3) is 0.533. The van der Waals surface area contributed by atoms with Gasteiger partial charge in [-0.05, 0) is 31.7 Å². The summed E-state index contributed by atoms with van der Waals surface area (Å²) >= 11 is 0. The molecule has 5 heteroatoms. The van der Waals surface area contributed by atoms with E-state index in [0.29, 0.717) is 12.1 Å². The van der Waals surface area contributed by atoms with E-state index in [0.717, 1.165) is 30.9 Å². The standard InChI is InChI=1S/C15H23N3O2/c1-11-4-5-13(14(8-11)16-2)15(19)17-9-12-10-18(3)6-7-20-12/h4-5,8,12,16H,6-7,9-10H2,1-3H3,(H,17,19). The van der Waals surface area contributed by atoms with E-state index in [4.69, 9.17) is 4.74 Å². The second-order valence-electron chi connectivity index (χ2n) is 5.26. The number of benzene rings is 1. The van der Waals surface area contributed by atoms with Crippen molar-refractivity contribution in [2.75, 3.05) is 45.7 Å². The fourth-order valence-electron chi connectivity index (χ4n) is 2.35. The van der Waals surface area contributed by atoms with E-state index in [1.54, 1.807) is 0 Å². The smallest absolute Gasteiger partial charge is 0.253 e. The second-order valence-corrected chi connectivity index (χ2v) is 5.26. The number of amides is 1. The maximum absolute atomic E-state index is 12.2. The minimum Gasteiger partial charge on any atom is -0.387 e. The molecule has 1 aromatic rings. The van der Waals surface area contributed by atoms with E-state index in [1.165, 1.54) is 0 Å². The molecule has 1 aliphatic rings. The number of ether oxygens (including phenoxy) is 1. The average Bonchev–Trinajstić information content (AvgIpc) is 2.44. The number of carbonyl (C=O) groups excluding carboxylic acids is 1. The van der Waals surface area contributed by atoms with Crippen LogP contribution in [0.15, 0.2) is 18.2 Å². The van der Waals surface area contributed by atoms with Gasteiger partial charge >= 0.3 is 0 Å². The van der Waals surface area contributed by atoms with Crippen LogP contribution in [0.5, 0.6) is 0 Å². The minimum absolute atomic E-state index is 0.0637. The van der Waals surface area contributed by atoms with Crippen molar-refractivity contribution in [1.82, 2.24) is 10.2 Å². The number of likely N-dealkylation sites (N-methyl/N-ethyl adjacent to an activating group) is 1. The molecule has 1 amide bonds. The fourth-order valence-corrected chi connectivity index (χ4v) is 2.35. The van der Waals surface area contributed by atoms with Gasteiger partial charge in [0.15, 0.2) is 0 Å². The number of nitrogens with zero attached hydrogens (tertiary/aromatic N) is 1. The van der Waals surface area contributed by atoms with Crippen LogP contribution >= 0.6 is 0 Å². The van der Waals surface area contributed by atoms with E-state index in [1.807, 2.05) is 32.2 Å². The molecule has 1 aromatic carbocycles. The Kier molecular flexibility index (Phi) is 4.98. The predicted octanol–water partition coefficient (Wildman–Crippen LogP) is 1.10. The number of aryl methyl sites for hydroxylation is 1. The molecule has 1 unspecified atom stereocenters. The summed E-state index contributed by atoms with van der Waals surface area (Å²) in [6.07, 6.45) is 0.0705. The minimum atomic E-state index is -0.0637. The van der Waals surface area contributed by atoms with Crippen LogP contribution in [-0.2, 0) is 4.74 Å². The van der Waals surface area contributed by atoms with Gasteiger partial charge in [-0.25, -0.2) is 0 Å². The van der Waals surface area contributed by atoms with Gasteiger partial charge in [0.25, 0.3) is 5.91 Å². The van der Waals surface area contributed by atoms with Crippen molar-refractivity contribution in [2.45, 2.75) is 13.0 Å². The monoisotopic (exact) mass is 277 g/mol. The molecule has 1 fully saturated rings. The maximum atomic E-state index is 12.2. The maximum Gasteiger partial charge on any atom is 0.253 e. The Labute approximate surface area is 120 Å². The third kappa shape index (κ3) is 3.71. The van der Waals surface area contributed by atoms with Crippen LogP contribution in [0.2, 0.25) is 0 Å². The summed E-state index contributed by atoms with van der Waals surface area (Å²) in [5.74, 6) is -0.0637. The second kappa shape index (κ2) is 6.72. The number of morpholine rings is 1. The van der Waals surface area contributed by atoms with Gasteiger partial charge in [-0.15, -0.1) is 0 Å². The molecule has 0 aromatic heterocycles. The van der Waals surface area contributed by atoms with Gasteiger partial charge in [0, 0.05) is 32.4 Å². The highest BCUT2D eigenvalue weighted by atomic mass is 16.5. The van der Waals surface area contributed by atoms with Crippen molar-refractivity contribution >= 4 is 11.6 Å². The highest BCUT2D eigenvalue weighted by Crippen LogP contribution is 2.16. The van der Waals surface area contributed by atoms with Crippen LogP contribution in [0.3, 0.4) is 0 Å². The van der Waals surface area contributed by atoms with Crippen molar-refractivity contribution < 1.29 is 9.53 Å². The number of anilines is 1. The van der Waals surface area contributed by atoms with E-state index < -0.39 is 0 Å². The quantitative estimate of drug-likeness (QED) is 0.865. The lowest BCUT2D eigenvalue weighted by atomic mass is 10.1. The summed E-state index contributed by atoms with van der Waals surface area (Å²) in [5, 5.41) is 6.01. The van der Waals surface area contributed by atoms with Crippen LogP contribution in [-0.4, -0.2) is 57.2 Å². The van der Waals surface area contributed by atoms with Gasteiger partial charge in [-0.2, -0.15) is 0 Å². The molecular weight excluding hydrogens is 254 g/mol. The van der Waals surface area contributed by atoms with Crippen LogP contribution in [0.1, 0.15) is 15.9 Å². The summed E-state index contributed by atoms with van der Waals surface area (Å²) in [6, 6.07) is 5.77. The number of rotatable bonds is 4. The third-order valence-corrected chi connectivity index (χ3v) is 3.52. The van der Waals surface area contributed by atoms with Crippen LogP contribution in [0, 0.1) is 6.92 Å². The van der Waals surface area contributed by atoms with Crippen molar-refractivity contribution in [3.8, 4) is 0 Å². The molecule has 1 aliphatic heterocycles. The molecular formula is C15H23N3O2. The lowest BCUT2D eigenvalue weighted by Gasteiger charge is -2.30. The van der Waals surface area contributed by atoms with Crippen molar-refractivity contribution in [3.63, 3.8) is 0 Å². The van der Waals surface area contributed by atoms with Gasteiger partial charge in [0.1, 0.15) is 0 Å². The van der Waals surface area contributed by atoms with Crippen LogP contribution in [0.25, 0.3) is 0 Å². The normalized spacial score (nSPS) is 19.6. The summed E-state index contributed by atoms with van der Waals surface area (Å²) in [6.45, 7) is 5.08. The average molecular weight is 277 g/mol. The Morgan fingerprint density at radius 3 is 3.00 bits per heavy atom. The molecule has 0 bridgehead atoms. The van der Waals surface area contributed by atoms with E-state index in [9.17, 15) is 4.79 Å². The number of nitrogens with one attached hydrogen (secondary N) is 2. The largest absolute Gasteiger partial charge is 0.387 e. The number of hydrogen-bond acceptors (Lipinski definition) is 4. The van der Waals surface area contributed by atoms with E-state index in [2.05, 4.69) is 22.6 Å². The van der Waals surface area contributed by atoms with Crippen LogP contribution in [0.4, 0.5) is 5.69 Å². The van der Waals surface area contributed by atoms with Gasteiger partial charge in [-0.1, -0.05) is 6.07 Å². The molecule has 0 radical (unpaired) electrons. The SMILES string of the molecule is CNc1cc(C)ccc1C(=O)NCC1CN(C)CCO1. The molecule has 1 atom stereocenters. The van der Waals surface area contributed by atoms with Crippen molar-refractivity contribution in [1.29, 1.82) is 0 Å². The van der Waals surface area contributed by atoms with Gasteiger partial charge in [-0.3, -0.25) is 4.79 Å². The molecule has 1 heterocycles. The Morgan fingerprint density at radius 1 is 1.50 bits per heavy atom. The highest BCUT2D eigenvalue weighted by molar-refractivity contribution is 5.99. The van der Waals surface area contributed by atoms with Gasteiger partial charge in [0.05, 0.1) is 18.3 Å². The number of carbonyl (C=O) groups is 1. The molecule has 5 nitrogen and oxygen atoms in total. The molecule has 1 saturated heterocycles. The molecule has 0 saturated carbocycles. The molecule has 0 spiro atoms. The molecule has 2 N–H and O–H groups in total. The zero-order valence-electron chi connectivity index (χ0n) is 12.4. The zero-order chi connectivity index (χ0) is 14.5. The molecule has 2 rings (SSSR count). The first kappa shape index (κ1) is 14.8. The lowest BCUT2D eigenvalue weighted by Crippen LogP contribution is -2.46. The molecule has 20 heavy (non-hydrogen) atoms. The first-order valence-corrected chi connectivity index (χ1v) is 6.97. The summed E-state index contributed by atoms with van der Waals surface area (Å²) in [7, 11) is 3.89. The van der Waals surface area contributed by atoms with Crippen LogP contribution < -0.4 is 10.6 Å². The summed E-state index contributed by atoms with van der Waals surface area (Å²) in [4.78, 5) is 14.5. The van der Waals surface area contributed by atoms with Gasteiger partial charge in [0.2, 0.25) is 0 Å². The first-order valence-electron chi connectivity index (χ1n) is 6.97. The Morgan fingerprint density at radius 2 is 2.30 bits per heavy atom. The summed E-state index contributed by atoms with van der Waals surface area (Å²) < 4.78 is 5.64. The predicted molar refractivity (Wildman–Crippen MR) is 80.3 cm³/mol. The highest BCUT2D eigenvalue weighted by Gasteiger charge is 2.19.